The summed E-state index contributed by atoms with van der Waals surface area (Å²) in [6, 6.07) is 0. The van der Waals surface area contributed by atoms with Crippen LogP contribution in [0.5, 0.6) is 0 Å². The summed E-state index contributed by atoms with van der Waals surface area (Å²) in [5, 5.41) is 2.24. The maximum atomic E-state index is 4.25. The summed E-state index contributed by atoms with van der Waals surface area (Å²) in [7, 11) is 0.122. The van der Waals surface area contributed by atoms with Gasteiger partial charge in [0, 0.05) is 0 Å². The molecule has 0 nitrogen and oxygen atoms in total. The van der Waals surface area contributed by atoms with Crippen LogP contribution in [0, 0.1) is 16.7 Å². The summed E-state index contributed by atoms with van der Waals surface area (Å²) in [6.45, 7) is 11.9. The largest absolute Gasteiger partial charge is 0.142 e. The number of hydrogen-bond acceptors (Lipinski definition) is 0. The van der Waals surface area contributed by atoms with E-state index < -0.39 is 0 Å². The molecule has 0 amide bonds. The van der Waals surface area contributed by atoms with Gasteiger partial charge >= 0.3 is 0 Å². The average molecular weight is 262 g/mol. The molecular weight excluding hydrogens is 236 g/mol. The number of rotatable bonds is 2. The second kappa shape index (κ2) is 4.52. The van der Waals surface area contributed by atoms with Gasteiger partial charge in [-0.2, -0.15) is 0 Å². The van der Waals surface area contributed by atoms with Crippen molar-refractivity contribution in [1.29, 1.82) is 0 Å². The molecule has 2 rings (SSSR count). The molecule has 0 N–H and O–H groups in total. The van der Waals surface area contributed by atoms with Gasteiger partial charge in [-0.05, 0) is 46.8 Å². The van der Waals surface area contributed by atoms with Crippen molar-refractivity contribution in [2.45, 2.75) is 47.5 Å². The van der Waals surface area contributed by atoms with Crippen molar-refractivity contribution in [2.24, 2.45) is 16.7 Å². The molecule has 2 atom stereocenters. The van der Waals surface area contributed by atoms with E-state index in [4.69, 9.17) is 0 Å². The van der Waals surface area contributed by atoms with Crippen LogP contribution in [-0.4, -0.2) is 5.87 Å². The van der Waals surface area contributed by atoms with E-state index >= 15 is 0 Å². The third-order valence-electron chi connectivity index (χ3n) is 4.46. The van der Waals surface area contributed by atoms with Gasteiger partial charge in [0.25, 0.3) is 0 Å². The summed E-state index contributed by atoms with van der Waals surface area (Å²) in [4.78, 5) is 1.54. The Bertz CT molecular complexity index is 458. The summed E-state index contributed by atoms with van der Waals surface area (Å²) < 4.78 is 0. The van der Waals surface area contributed by atoms with Crippen molar-refractivity contribution in [3.63, 3.8) is 0 Å². The molecule has 0 saturated heterocycles. The minimum absolute atomic E-state index is 0.122. The van der Waals surface area contributed by atoms with Gasteiger partial charge in [-0.1, -0.05) is 57.4 Å². The van der Waals surface area contributed by atoms with Gasteiger partial charge in [0.2, 0.25) is 0 Å². The molecule has 18 heavy (non-hydrogen) atoms. The third kappa shape index (κ3) is 2.56. The second-order valence-corrected chi connectivity index (χ2v) is 8.78. The Labute approximate surface area is 115 Å². The minimum Gasteiger partial charge on any atom is -0.142 e. The van der Waals surface area contributed by atoms with Crippen LogP contribution in [0.2, 0.25) is 0 Å². The fourth-order valence-electron chi connectivity index (χ4n) is 3.97. The maximum absolute atomic E-state index is 4.25. The van der Waals surface area contributed by atoms with E-state index in [1.165, 1.54) is 17.7 Å². The molecule has 0 saturated carbocycles. The standard InChI is InChI=1S/C17H26S/c1-13-11-16(2,3)15(17(4,5)12-13)10-14-8-7-9-18(14)6/h7-9,11,15H,6,10,12H2,1-5H3. The van der Waals surface area contributed by atoms with Crippen LogP contribution in [0.4, 0.5) is 0 Å². The quantitative estimate of drug-likeness (QED) is 0.455. The third-order valence-corrected chi connectivity index (χ3v) is 5.92. The Hall–Kier alpha value is -0.560. The number of hydrogen-bond donors (Lipinski definition) is 0. The summed E-state index contributed by atoms with van der Waals surface area (Å²) in [6.07, 6.45) is 9.38. The molecule has 1 heteroatoms. The van der Waals surface area contributed by atoms with Gasteiger partial charge in [-0.25, -0.2) is 0 Å². The second-order valence-electron chi connectivity index (χ2n) is 7.12. The van der Waals surface area contributed by atoms with Crippen LogP contribution in [-0.2, 0) is 0 Å². The smallest absolute Gasteiger partial charge is 0.0135 e. The van der Waals surface area contributed by atoms with Crippen LogP contribution in [0.1, 0.15) is 47.5 Å². The molecular formula is C17H26S. The highest BCUT2D eigenvalue weighted by Gasteiger charge is 2.42. The van der Waals surface area contributed by atoms with Gasteiger partial charge < -0.3 is 0 Å². The topological polar surface area (TPSA) is 0 Å². The Morgan fingerprint density at radius 1 is 1.33 bits per heavy atom. The highest BCUT2D eigenvalue weighted by atomic mass is 32.2. The Kier molecular flexibility index (Phi) is 3.48. The molecule has 0 fully saturated rings. The highest BCUT2D eigenvalue weighted by Crippen LogP contribution is 2.53. The first-order chi connectivity index (χ1) is 8.22. The Morgan fingerprint density at radius 2 is 2.00 bits per heavy atom. The van der Waals surface area contributed by atoms with Gasteiger partial charge in [0.15, 0.2) is 0 Å². The van der Waals surface area contributed by atoms with Crippen LogP contribution in [0.15, 0.2) is 34.1 Å². The molecule has 100 valence electrons. The van der Waals surface area contributed by atoms with Gasteiger partial charge in [0.1, 0.15) is 0 Å². The first-order valence-corrected chi connectivity index (χ1v) is 8.26. The fourth-order valence-corrected chi connectivity index (χ4v) is 5.04. The van der Waals surface area contributed by atoms with Crippen LogP contribution in [0.3, 0.4) is 0 Å². The molecule has 0 aromatic rings. The van der Waals surface area contributed by atoms with Gasteiger partial charge in [-0.15, -0.1) is 10.5 Å². The predicted molar refractivity (Wildman–Crippen MR) is 86.0 cm³/mol. The van der Waals surface area contributed by atoms with Gasteiger partial charge in [-0.3, -0.25) is 0 Å². The Balaban J connectivity index is 2.27. The van der Waals surface area contributed by atoms with Crippen LogP contribution >= 0.6 is 10.5 Å². The monoisotopic (exact) mass is 262 g/mol. The molecule has 2 unspecified atom stereocenters. The molecule has 0 aromatic heterocycles. The van der Waals surface area contributed by atoms with E-state index in [0.717, 1.165) is 0 Å². The highest BCUT2D eigenvalue weighted by molar-refractivity contribution is 8.20. The molecule has 1 aliphatic heterocycles. The van der Waals surface area contributed by atoms with Crippen molar-refractivity contribution in [3.8, 4) is 0 Å². The van der Waals surface area contributed by atoms with Crippen LogP contribution in [0.25, 0.3) is 0 Å². The van der Waals surface area contributed by atoms with Crippen molar-refractivity contribution < 1.29 is 0 Å². The van der Waals surface area contributed by atoms with Crippen molar-refractivity contribution >= 4 is 16.4 Å². The molecule has 1 heterocycles. The lowest BCUT2D eigenvalue weighted by Crippen LogP contribution is -2.39. The predicted octanol–water partition coefficient (Wildman–Crippen LogP) is 5.51. The number of allylic oxidation sites excluding steroid dienone is 5. The summed E-state index contributed by atoms with van der Waals surface area (Å²) in [5.41, 5.74) is 2.23. The molecule has 0 spiro atoms. The van der Waals surface area contributed by atoms with Gasteiger partial charge in [0.05, 0.1) is 0 Å². The van der Waals surface area contributed by atoms with Crippen molar-refractivity contribution in [2.75, 3.05) is 0 Å². The summed E-state index contributed by atoms with van der Waals surface area (Å²) in [5.74, 6) is 4.96. The lowest BCUT2D eigenvalue weighted by molar-refractivity contribution is 0.0930. The maximum Gasteiger partial charge on any atom is -0.0135 e. The minimum atomic E-state index is 0.122. The lowest BCUT2D eigenvalue weighted by atomic mass is 9.57. The van der Waals surface area contributed by atoms with E-state index in [0.29, 0.717) is 16.7 Å². The summed E-state index contributed by atoms with van der Waals surface area (Å²) >= 11 is 0. The molecule has 1 aliphatic carbocycles. The zero-order valence-electron chi connectivity index (χ0n) is 12.4. The lowest BCUT2D eigenvalue weighted by Gasteiger charge is -2.48. The normalized spacial score (nSPS) is 33.2. The zero-order valence-corrected chi connectivity index (χ0v) is 13.2. The van der Waals surface area contributed by atoms with E-state index in [1.807, 2.05) is 0 Å². The first-order valence-electron chi connectivity index (χ1n) is 6.81. The fraction of sp³-hybridized carbons (Fsp3) is 0.588. The molecule has 0 radical (unpaired) electrons. The molecule has 0 bridgehead atoms. The molecule has 2 aliphatic rings. The van der Waals surface area contributed by atoms with E-state index in [-0.39, 0.29) is 10.5 Å². The SMILES string of the molecule is C=S1C=CC=C1CC1C(C)(C)C=C(C)CC1(C)C. The van der Waals surface area contributed by atoms with E-state index in [9.17, 15) is 0 Å². The average Bonchev–Trinajstić information content (AvgIpc) is 2.56. The van der Waals surface area contributed by atoms with E-state index in [2.05, 4.69) is 64.1 Å². The first kappa shape index (κ1) is 13.9. The van der Waals surface area contributed by atoms with Crippen molar-refractivity contribution in [3.05, 3.63) is 34.1 Å². The van der Waals surface area contributed by atoms with E-state index in [1.54, 1.807) is 5.57 Å². The molecule has 0 aromatic carbocycles. The van der Waals surface area contributed by atoms with Crippen molar-refractivity contribution in [1.82, 2.24) is 0 Å². The Morgan fingerprint density at radius 3 is 2.50 bits per heavy atom. The van der Waals surface area contributed by atoms with Crippen LogP contribution < -0.4 is 0 Å². The zero-order chi connectivity index (χ0) is 13.6.